The van der Waals surface area contributed by atoms with E-state index in [1.54, 1.807) is 12.1 Å². The molecule has 2 aromatic rings. The summed E-state index contributed by atoms with van der Waals surface area (Å²) in [6, 6.07) is 5.46. The SMILES string of the molecule is CC1(C)C(c2noc(N)c2-c2ccc(Cl)c(Cl)c2)C1(C)C. The van der Waals surface area contributed by atoms with Gasteiger partial charge < -0.3 is 10.3 Å². The molecule has 0 atom stereocenters. The summed E-state index contributed by atoms with van der Waals surface area (Å²) >= 11 is 12.1. The molecule has 1 aromatic heterocycles. The number of nitrogens with two attached hydrogens (primary N) is 1. The number of hydrogen-bond acceptors (Lipinski definition) is 3. The van der Waals surface area contributed by atoms with Crippen LogP contribution in [0.4, 0.5) is 5.88 Å². The summed E-state index contributed by atoms with van der Waals surface area (Å²) < 4.78 is 5.26. The van der Waals surface area contributed by atoms with E-state index in [1.807, 2.05) is 6.07 Å². The van der Waals surface area contributed by atoms with E-state index in [9.17, 15) is 0 Å². The highest BCUT2D eigenvalue weighted by Gasteiger charge is 2.67. The fraction of sp³-hybridized carbons (Fsp3) is 0.438. The molecule has 1 aliphatic rings. The molecule has 2 N–H and O–H groups in total. The third kappa shape index (κ3) is 1.98. The number of nitrogens with zero attached hydrogens (tertiary/aromatic N) is 1. The maximum absolute atomic E-state index is 6.12. The lowest BCUT2D eigenvalue weighted by Gasteiger charge is -2.05. The molecule has 0 bridgehead atoms. The molecule has 0 unspecified atom stereocenters. The van der Waals surface area contributed by atoms with Crippen LogP contribution in [-0.2, 0) is 0 Å². The molecule has 0 saturated heterocycles. The van der Waals surface area contributed by atoms with Gasteiger partial charge in [0.2, 0.25) is 5.88 Å². The monoisotopic (exact) mass is 324 g/mol. The van der Waals surface area contributed by atoms with Gasteiger partial charge in [0.25, 0.3) is 0 Å². The van der Waals surface area contributed by atoms with E-state index in [1.165, 1.54) is 0 Å². The van der Waals surface area contributed by atoms with E-state index in [-0.39, 0.29) is 10.8 Å². The van der Waals surface area contributed by atoms with Crippen LogP contribution in [0.2, 0.25) is 10.0 Å². The number of rotatable bonds is 2. The van der Waals surface area contributed by atoms with Crippen molar-refractivity contribution in [2.45, 2.75) is 33.6 Å². The Kier molecular flexibility index (Phi) is 3.09. The Morgan fingerprint density at radius 1 is 1.10 bits per heavy atom. The van der Waals surface area contributed by atoms with Gasteiger partial charge in [-0.15, -0.1) is 0 Å². The Hall–Kier alpha value is -1.19. The highest BCUT2D eigenvalue weighted by Crippen LogP contribution is 2.74. The summed E-state index contributed by atoms with van der Waals surface area (Å²) in [5, 5.41) is 5.23. The van der Waals surface area contributed by atoms with E-state index in [0.717, 1.165) is 16.8 Å². The Bertz CT molecular complexity index is 705. The highest BCUT2D eigenvalue weighted by molar-refractivity contribution is 6.42. The molecule has 1 aromatic carbocycles. The first-order valence-electron chi connectivity index (χ1n) is 6.88. The number of hydrogen-bond donors (Lipinski definition) is 1. The maximum atomic E-state index is 6.12. The molecule has 0 aliphatic heterocycles. The van der Waals surface area contributed by atoms with Gasteiger partial charge in [-0.25, -0.2) is 0 Å². The number of nitrogen functional groups attached to an aromatic ring is 1. The van der Waals surface area contributed by atoms with Gasteiger partial charge >= 0.3 is 0 Å². The zero-order valence-corrected chi connectivity index (χ0v) is 14.0. The lowest BCUT2D eigenvalue weighted by atomic mass is 9.99. The second kappa shape index (κ2) is 4.40. The minimum Gasteiger partial charge on any atom is -0.367 e. The van der Waals surface area contributed by atoms with Crippen LogP contribution in [0.25, 0.3) is 11.1 Å². The number of benzene rings is 1. The van der Waals surface area contributed by atoms with E-state index in [4.69, 9.17) is 33.5 Å². The molecule has 1 aliphatic carbocycles. The van der Waals surface area contributed by atoms with Crippen molar-refractivity contribution in [3.05, 3.63) is 33.9 Å². The van der Waals surface area contributed by atoms with Crippen LogP contribution >= 0.6 is 23.2 Å². The molecule has 112 valence electrons. The Labute approximate surface area is 134 Å². The smallest absolute Gasteiger partial charge is 0.230 e. The van der Waals surface area contributed by atoms with Crippen LogP contribution in [0, 0.1) is 10.8 Å². The van der Waals surface area contributed by atoms with E-state index in [0.29, 0.717) is 21.8 Å². The van der Waals surface area contributed by atoms with Gasteiger partial charge in [-0.3, -0.25) is 0 Å². The Balaban J connectivity index is 2.13. The van der Waals surface area contributed by atoms with Gasteiger partial charge in [-0.05, 0) is 28.5 Å². The molecule has 0 spiro atoms. The predicted octanol–water partition coefficient (Wildman–Crippen LogP) is 5.38. The number of aromatic nitrogens is 1. The average molecular weight is 325 g/mol. The largest absolute Gasteiger partial charge is 0.367 e. The van der Waals surface area contributed by atoms with Crippen molar-refractivity contribution in [2.75, 3.05) is 5.73 Å². The van der Waals surface area contributed by atoms with Crippen molar-refractivity contribution in [3.8, 4) is 11.1 Å². The first-order valence-corrected chi connectivity index (χ1v) is 7.64. The van der Waals surface area contributed by atoms with Crippen LogP contribution in [0.5, 0.6) is 0 Å². The lowest BCUT2D eigenvalue weighted by molar-refractivity contribution is 0.423. The van der Waals surface area contributed by atoms with Gasteiger partial charge in [0.1, 0.15) is 0 Å². The van der Waals surface area contributed by atoms with E-state index < -0.39 is 0 Å². The summed E-state index contributed by atoms with van der Waals surface area (Å²) in [4.78, 5) is 0. The minimum atomic E-state index is 0.154. The summed E-state index contributed by atoms with van der Waals surface area (Å²) in [5.74, 6) is 0.623. The van der Waals surface area contributed by atoms with Crippen LogP contribution in [0.1, 0.15) is 39.3 Å². The van der Waals surface area contributed by atoms with E-state index in [2.05, 4.69) is 32.9 Å². The van der Waals surface area contributed by atoms with Crippen molar-refractivity contribution in [3.63, 3.8) is 0 Å². The van der Waals surface area contributed by atoms with Crippen molar-refractivity contribution < 1.29 is 4.52 Å². The maximum Gasteiger partial charge on any atom is 0.230 e. The molecule has 0 amide bonds. The van der Waals surface area contributed by atoms with Crippen LogP contribution in [0.15, 0.2) is 22.7 Å². The Morgan fingerprint density at radius 2 is 1.71 bits per heavy atom. The standard InChI is InChI=1S/C16H18Cl2N2O/c1-15(2)13(16(15,3)4)12-11(14(19)21-20-12)8-5-6-9(17)10(18)7-8/h5-7,13H,19H2,1-4H3. The second-order valence-corrected chi connectivity index (χ2v) is 7.63. The third-order valence-electron chi connectivity index (χ3n) is 5.25. The van der Waals surface area contributed by atoms with Crippen LogP contribution in [0.3, 0.4) is 0 Å². The van der Waals surface area contributed by atoms with Gasteiger partial charge in [-0.1, -0.05) is 62.1 Å². The molecule has 3 nitrogen and oxygen atoms in total. The van der Waals surface area contributed by atoms with E-state index >= 15 is 0 Å². The second-order valence-electron chi connectivity index (χ2n) is 6.81. The molecule has 3 rings (SSSR count). The Morgan fingerprint density at radius 3 is 2.24 bits per heavy atom. The first kappa shape index (κ1) is 14.7. The minimum absolute atomic E-state index is 0.154. The fourth-order valence-electron chi connectivity index (χ4n) is 3.33. The molecule has 1 fully saturated rings. The van der Waals surface area contributed by atoms with Crippen molar-refractivity contribution in [1.29, 1.82) is 0 Å². The fourth-order valence-corrected chi connectivity index (χ4v) is 3.63. The van der Waals surface area contributed by atoms with Gasteiger partial charge in [-0.2, -0.15) is 0 Å². The molecule has 0 radical (unpaired) electrons. The lowest BCUT2D eigenvalue weighted by Crippen LogP contribution is -1.95. The average Bonchev–Trinajstić information content (AvgIpc) is 2.68. The van der Waals surface area contributed by atoms with Crippen LogP contribution < -0.4 is 5.73 Å². The highest BCUT2D eigenvalue weighted by atomic mass is 35.5. The van der Waals surface area contributed by atoms with Crippen molar-refractivity contribution in [1.82, 2.24) is 5.16 Å². The summed E-state index contributed by atoms with van der Waals surface area (Å²) in [6.07, 6.45) is 0. The first-order chi connectivity index (χ1) is 9.68. The van der Waals surface area contributed by atoms with Crippen molar-refractivity contribution >= 4 is 29.1 Å². The number of halogens is 2. The summed E-state index contributed by atoms with van der Waals surface area (Å²) in [7, 11) is 0. The normalized spacial score (nSPS) is 19.7. The van der Waals surface area contributed by atoms with Gasteiger partial charge in [0.05, 0.1) is 21.3 Å². The zero-order chi connectivity index (χ0) is 15.6. The van der Waals surface area contributed by atoms with Crippen LogP contribution in [-0.4, -0.2) is 5.16 Å². The summed E-state index contributed by atoms with van der Waals surface area (Å²) in [5.41, 5.74) is 8.93. The predicted molar refractivity (Wildman–Crippen MR) is 86.7 cm³/mol. The molecule has 5 heteroatoms. The van der Waals surface area contributed by atoms with Crippen molar-refractivity contribution in [2.24, 2.45) is 10.8 Å². The quantitative estimate of drug-likeness (QED) is 0.806. The molecule has 1 saturated carbocycles. The zero-order valence-electron chi connectivity index (χ0n) is 12.5. The molecular weight excluding hydrogens is 307 g/mol. The topological polar surface area (TPSA) is 52.0 Å². The number of anilines is 1. The molecule has 1 heterocycles. The van der Waals surface area contributed by atoms with Gasteiger partial charge in [0, 0.05) is 5.92 Å². The third-order valence-corrected chi connectivity index (χ3v) is 5.99. The van der Waals surface area contributed by atoms with Gasteiger partial charge in [0.15, 0.2) is 0 Å². The molecule has 21 heavy (non-hydrogen) atoms. The molecular formula is C16H18Cl2N2O. The summed E-state index contributed by atoms with van der Waals surface area (Å²) in [6.45, 7) is 8.95.